The molecule has 2 aromatic carbocycles. The number of carbonyl (C=O) groups is 3. The molecule has 0 aliphatic rings. The second-order valence-electron chi connectivity index (χ2n) is 8.79. The first kappa shape index (κ1) is 27.0. The van der Waals surface area contributed by atoms with Crippen molar-refractivity contribution in [2.75, 3.05) is 12.4 Å². The maximum Gasteiger partial charge on any atom is 0.267 e. The van der Waals surface area contributed by atoms with E-state index in [0.717, 1.165) is 6.07 Å². The molecule has 36 heavy (non-hydrogen) atoms. The van der Waals surface area contributed by atoms with Gasteiger partial charge in [0.1, 0.15) is 17.3 Å². The number of anilines is 1. The van der Waals surface area contributed by atoms with Gasteiger partial charge in [0, 0.05) is 28.6 Å². The van der Waals surface area contributed by atoms with Gasteiger partial charge in [-0.2, -0.15) is 0 Å². The number of halogens is 4. The average Bonchev–Trinajstić information content (AvgIpc) is 3.17. The van der Waals surface area contributed by atoms with Gasteiger partial charge < -0.3 is 15.2 Å². The lowest BCUT2D eigenvalue weighted by Gasteiger charge is -2.30. The maximum absolute atomic E-state index is 14.2. The van der Waals surface area contributed by atoms with E-state index in [1.807, 2.05) is 0 Å². The van der Waals surface area contributed by atoms with E-state index < -0.39 is 29.5 Å². The summed E-state index contributed by atoms with van der Waals surface area (Å²) in [4.78, 5) is 38.0. The second-order valence-corrected chi connectivity index (χ2v) is 9.20. The Morgan fingerprint density at radius 2 is 1.75 bits per heavy atom. The minimum absolute atomic E-state index is 0.0267. The summed E-state index contributed by atoms with van der Waals surface area (Å²) in [7, 11) is 1.41. The SMILES string of the molecule is CNC(=O)c1cc(NC(=O)c2cccc(C(F)F)c2)c(C(C)(C)c2cc(F)ccc2Cl)n1CC(C)=O. The third kappa shape index (κ3) is 5.46. The third-order valence-corrected chi connectivity index (χ3v) is 6.11. The van der Waals surface area contributed by atoms with E-state index >= 15 is 0 Å². The summed E-state index contributed by atoms with van der Waals surface area (Å²) in [5.41, 5.74) is -0.592. The molecule has 10 heteroatoms. The smallest absolute Gasteiger partial charge is 0.267 e. The number of benzene rings is 2. The van der Waals surface area contributed by atoms with Crippen molar-refractivity contribution >= 4 is 34.9 Å². The molecule has 190 valence electrons. The minimum Gasteiger partial charge on any atom is -0.354 e. The zero-order chi connectivity index (χ0) is 26.8. The quantitative estimate of drug-likeness (QED) is 0.398. The van der Waals surface area contributed by atoms with Gasteiger partial charge in [0.25, 0.3) is 18.2 Å². The van der Waals surface area contributed by atoms with E-state index in [-0.39, 0.29) is 39.9 Å². The average molecular weight is 520 g/mol. The van der Waals surface area contributed by atoms with Crippen molar-refractivity contribution in [3.8, 4) is 0 Å². The van der Waals surface area contributed by atoms with Crippen LogP contribution in [0.25, 0.3) is 0 Å². The lowest BCUT2D eigenvalue weighted by Crippen LogP contribution is -2.30. The number of nitrogens with one attached hydrogen (secondary N) is 2. The number of aromatic nitrogens is 1. The molecule has 2 N–H and O–H groups in total. The highest BCUT2D eigenvalue weighted by atomic mass is 35.5. The molecule has 2 amide bonds. The van der Waals surface area contributed by atoms with Crippen LogP contribution in [0.5, 0.6) is 0 Å². The molecule has 1 aromatic heterocycles. The van der Waals surface area contributed by atoms with Crippen molar-refractivity contribution in [1.82, 2.24) is 9.88 Å². The predicted molar refractivity (Wildman–Crippen MR) is 131 cm³/mol. The Kier molecular flexibility index (Phi) is 7.93. The lowest BCUT2D eigenvalue weighted by atomic mass is 9.80. The number of alkyl halides is 2. The third-order valence-electron chi connectivity index (χ3n) is 5.78. The Hall–Kier alpha value is -3.59. The molecule has 6 nitrogen and oxygen atoms in total. The van der Waals surface area contributed by atoms with E-state index in [0.29, 0.717) is 11.3 Å². The summed E-state index contributed by atoms with van der Waals surface area (Å²) in [6.07, 6.45) is -2.76. The zero-order valence-corrected chi connectivity index (χ0v) is 20.8. The van der Waals surface area contributed by atoms with Crippen molar-refractivity contribution in [2.45, 2.75) is 39.2 Å². The van der Waals surface area contributed by atoms with Crippen LogP contribution < -0.4 is 10.6 Å². The molecule has 1 heterocycles. The molecule has 0 atom stereocenters. The molecule has 0 fully saturated rings. The maximum atomic E-state index is 14.2. The molecule has 0 unspecified atom stereocenters. The number of hydrogen-bond donors (Lipinski definition) is 2. The number of carbonyl (C=O) groups excluding carboxylic acids is 3. The minimum atomic E-state index is -2.76. The Balaban J connectivity index is 2.24. The summed E-state index contributed by atoms with van der Waals surface area (Å²) < 4.78 is 42.0. The topological polar surface area (TPSA) is 80.2 Å². The monoisotopic (exact) mass is 519 g/mol. The number of hydrogen-bond acceptors (Lipinski definition) is 3. The summed E-state index contributed by atoms with van der Waals surface area (Å²) in [5.74, 6) is -2.06. The van der Waals surface area contributed by atoms with Gasteiger partial charge in [-0.05, 0) is 48.9 Å². The number of ketones is 1. The summed E-state index contributed by atoms with van der Waals surface area (Å²) in [5, 5.41) is 5.42. The standard InChI is InChI=1S/C26H25ClF3N3O3/c1-14(34)13-33-21(25(36)31-4)12-20(32-24(35)16-7-5-6-15(10-16)23(29)30)22(33)26(2,3)18-11-17(28)8-9-19(18)27/h5-12,23H,13H2,1-4H3,(H,31,36)(H,32,35). The summed E-state index contributed by atoms with van der Waals surface area (Å²) >= 11 is 6.41. The summed E-state index contributed by atoms with van der Waals surface area (Å²) in [6.45, 7) is 4.54. The fourth-order valence-electron chi connectivity index (χ4n) is 4.14. The van der Waals surface area contributed by atoms with E-state index in [1.54, 1.807) is 13.8 Å². The zero-order valence-electron chi connectivity index (χ0n) is 20.1. The molecule has 0 saturated carbocycles. The number of rotatable bonds is 8. The highest BCUT2D eigenvalue weighted by Crippen LogP contribution is 2.41. The molecule has 0 bridgehead atoms. The van der Waals surface area contributed by atoms with E-state index in [9.17, 15) is 27.6 Å². The first-order valence-corrected chi connectivity index (χ1v) is 11.3. The molecule has 3 aromatic rings. The number of amides is 2. The van der Waals surface area contributed by atoms with Crippen LogP contribution >= 0.6 is 11.6 Å². The number of nitrogens with zero attached hydrogens (tertiary/aromatic N) is 1. The largest absolute Gasteiger partial charge is 0.354 e. The number of Topliss-reactive ketones (excluding diaryl/α,β-unsaturated/α-hetero) is 1. The second kappa shape index (κ2) is 10.6. The lowest BCUT2D eigenvalue weighted by molar-refractivity contribution is -0.117. The van der Waals surface area contributed by atoms with Gasteiger partial charge in [0.05, 0.1) is 17.9 Å². The van der Waals surface area contributed by atoms with E-state index in [1.165, 1.54) is 61.0 Å². The van der Waals surface area contributed by atoms with Crippen molar-refractivity contribution in [2.24, 2.45) is 0 Å². The van der Waals surface area contributed by atoms with Crippen molar-refractivity contribution in [1.29, 1.82) is 0 Å². The molecule has 0 aliphatic heterocycles. The van der Waals surface area contributed by atoms with Crippen LogP contribution in [0.1, 0.15) is 64.9 Å². The first-order valence-electron chi connectivity index (χ1n) is 11.0. The first-order chi connectivity index (χ1) is 16.9. The Morgan fingerprint density at radius 1 is 1.06 bits per heavy atom. The highest BCUT2D eigenvalue weighted by molar-refractivity contribution is 6.31. The Labute approximate surface area is 211 Å². The van der Waals surface area contributed by atoms with Gasteiger partial charge in [0.2, 0.25) is 0 Å². The molecule has 3 rings (SSSR count). The fraction of sp³-hybridized carbons (Fsp3) is 0.269. The van der Waals surface area contributed by atoms with Crippen LogP contribution in [-0.4, -0.2) is 29.2 Å². The van der Waals surface area contributed by atoms with Gasteiger partial charge in [0.15, 0.2) is 0 Å². The van der Waals surface area contributed by atoms with Crippen molar-refractivity contribution < 1.29 is 27.6 Å². The summed E-state index contributed by atoms with van der Waals surface area (Å²) in [6, 6.07) is 10.2. The van der Waals surface area contributed by atoms with Crippen LogP contribution in [0, 0.1) is 5.82 Å². The van der Waals surface area contributed by atoms with E-state index in [2.05, 4.69) is 10.6 Å². The fourth-order valence-corrected chi connectivity index (χ4v) is 4.49. The van der Waals surface area contributed by atoms with Gasteiger partial charge in [-0.25, -0.2) is 13.2 Å². The normalized spacial score (nSPS) is 11.5. The Morgan fingerprint density at radius 3 is 2.36 bits per heavy atom. The van der Waals surface area contributed by atoms with Crippen LogP contribution in [0.2, 0.25) is 5.02 Å². The Bertz CT molecular complexity index is 1340. The van der Waals surface area contributed by atoms with Crippen LogP contribution in [-0.2, 0) is 16.8 Å². The van der Waals surface area contributed by atoms with Crippen LogP contribution in [0.3, 0.4) is 0 Å². The highest BCUT2D eigenvalue weighted by Gasteiger charge is 2.35. The van der Waals surface area contributed by atoms with E-state index in [4.69, 9.17) is 11.6 Å². The molecular weight excluding hydrogens is 495 g/mol. The van der Waals surface area contributed by atoms with Crippen LogP contribution in [0.4, 0.5) is 18.9 Å². The van der Waals surface area contributed by atoms with Crippen LogP contribution in [0.15, 0.2) is 48.5 Å². The van der Waals surface area contributed by atoms with Gasteiger partial charge >= 0.3 is 0 Å². The van der Waals surface area contributed by atoms with Gasteiger partial charge in [-0.3, -0.25) is 14.4 Å². The molecule has 0 saturated heterocycles. The molecule has 0 aliphatic carbocycles. The van der Waals surface area contributed by atoms with Crippen molar-refractivity contribution in [3.05, 3.63) is 87.4 Å². The van der Waals surface area contributed by atoms with Gasteiger partial charge in [-0.15, -0.1) is 0 Å². The van der Waals surface area contributed by atoms with Crippen molar-refractivity contribution in [3.63, 3.8) is 0 Å². The predicted octanol–water partition coefficient (Wildman–Crippen LogP) is 5.75. The molecule has 0 radical (unpaired) electrons. The van der Waals surface area contributed by atoms with Gasteiger partial charge in [-0.1, -0.05) is 37.6 Å². The molecular formula is C26H25ClF3N3O3. The molecule has 0 spiro atoms.